The van der Waals surface area contributed by atoms with Crippen LogP contribution in [0.3, 0.4) is 0 Å². The molecule has 0 saturated heterocycles. The van der Waals surface area contributed by atoms with E-state index < -0.39 is 0 Å². The molecule has 23 heavy (non-hydrogen) atoms. The third-order valence-corrected chi connectivity index (χ3v) is 3.07. The zero-order valence-corrected chi connectivity index (χ0v) is 15.9. The van der Waals surface area contributed by atoms with Gasteiger partial charge in [-0.2, -0.15) is 0 Å². The van der Waals surface area contributed by atoms with Gasteiger partial charge in [0.25, 0.3) is 0 Å². The summed E-state index contributed by atoms with van der Waals surface area (Å²) in [4.78, 5) is 8.66. The van der Waals surface area contributed by atoms with Crippen molar-refractivity contribution in [2.75, 3.05) is 13.7 Å². The van der Waals surface area contributed by atoms with Crippen LogP contribution < -0.4 is 11.1 Å². The highest BCUT2D eigenvalue weighted by molar-refractivity contribution is 14.0. The van der Waals surface area contributed by atoms with Gasteiger partial charge in [-0.1, -0.05) is 17.7 Å². The highest BCUT2D eigenvalue weighted by atomic mass is 127. The molecule has 7 heteroatoms. The molecule has 0 saturated carbocycles. The van der Waals surface area contributed by atoms with Crippen molar-refractivity contribution in [3.63, 3.8) is 0 Å². The Morgan fingerprint density at radius 2 is 2.09 bits per heavy atom. The first-order valence-corrected chi connectivity index (χ1v) is 7.15. The summed E-state index contributed by atoms with van der Waals surface area (Å²) < 4.78 is 10.5. The average molecular weight is 430 g/mol. The number of ether oxygens (including phenoxy) is 1. The van der Waals surface area contributed by atoms with E-state index >= 15 is 0 Å². The zero-order valence-electron chi connectivity index (χ0n) is 13.6. The lowest BCUT2D eigenvalue weighted by molar-refractivity contribution is 0.179. The van der Waals surface area contributed by atoms with E-state index in [1.807, 2.05) is 38.1 Å². The van der Waals surface area contributed by atoms with Gasteiger partial charge < -0.3 is 20.2 Å². The SMILES string of the molecule is COCC(C)NC(N)=NCc1coc(-c2ccc(C)cc2)n1.I. The number of nitrogens with two attached hydrogens (primary N) is 1. The summed E-state index contributed by atoms with van der Waals surface area (Å²) >= 11 is 0. The van der Waals surface area contributed by atoms with Gasteiger partial charge in [-0.15, -0.1) is 24.0 Å². The van der Waals surface area contributed by atoms with Gasteiger partial charge in [0.2, 0.25) is 5.89 Å². The number of aromatic nitrogens is 1. The molecule has 2 aromatic rings. The van der Waals surface area contributed by atoms with E-state index in [4.69, 9.17) is 14.9 Å². The number of methoxy groups -OCH3 is 1. The van der Waals surface area contributed by atoms with Gasteiger partial charge in [0.05, 0.1) is 13.2 Å². The second kappa shape index (κ2) is 9.51. The molecule has 1 aromatic heterocycles. The molecule has 0 bridgehead atoms. The summed E-state index contributed by atoms with van der Waals surface area (Å²) in [5.74, 6) is 0.953. The van der Waals surface area contributed by atoms with Crippen molar-refractivity contribution in [1.82, 2.24) is 10.3 Å². The van der Waals surface area contributed by atoms with Crippen molar-refractivity contribution in [2.45, 2.75) is 26.4 Å². The molecule has 1 aromatic carbocycles. The van der Waals surface area contributed by atoms with E-state index in [-0.39, 0.29) is 30.0 Å². The largest absolute Gasteiger partial charge is 0.444 e. The number of aryl methyl sites for hydroxylation is 1. The second-order valence-corrected chi connectivity index (χ2v) is 5.21. The fraction of sp³-hybridized carbons (Fsp3) is 0.375. The lowest BCUT2D eigenvalue weighted by atomic mass is 10.1. The molecule has 1 atom stereocenters. The van der Waals surface area contributed by atoms with E-state index in [0.29, 0.717) is 25.0 Å². The highest BCUT2D eigenvalue weighted by Crippen LogP contribution is 2.19. The van der Waals surface area contributed by atoms with Gasteiger partial charge in [-0.25, -0.2) is 9.98 Å². The molecular weight excluding hydrogens is 407 g/mol. The molecule has 126 valence electrons. The summed E-state index contributed by atoms with van der Waals surface area (Å²) in [6, 6.07) is 8.12. The van der Waals surface area contributed by atoms with Crippen LogP contribution in [-0.4, -0.2) is 30.7 Å². The van der Waals surface area contributed by atoms with E-state index in [1.165, 1.54) is 5.56 Å². The summed E-state index contributed by atoms with van der Waals surface area (Å²) in [5, 5.41) is 3.04. The first-order valence-electron chi connectivity index (χ1n) is 7.15. The molecule has 0 aliphatic carbocycles. The molecule has 1 heterocycles. The topological polar surface area (TPSA) is 85.7 Å². The number of hydrogen-bond acceptors (Lipinski definition) is 4. The van der Waals surface area contributed by atoms with Crippen molar-refractivity contribution in [1.29, 1.82) is 0 Å². The Bertz CT molecular complexity index is 625. The van der Waals surface area contributed by atoms with Crippen molar-refractivity contribution < 1.29 is 9.15 Å². The number of rotatable bonds is 6. The van der Waals surface area contributed by atoms with Crippen LogP contribution in [0.25, 0.3) is 11.5 Å². The molecular formula is C16H23IN4O2. The van der Waals surface area contributed by atoms with Crippen LogP contribution in [0.2, 0.25) is 0 Å². The number of halogens is 1. The minimum absolute atomic E-state index is 0. The first-order chi connectivity index (χ1) is 10.6. The standard InChI is InChI=1S/C16H22N4O2.HI/c1-11-4-6-13(7-5-11)15-20-14(10-22-15)8-18-16(17)19-12(2)9-21-3;/h4-7,10,12H,8-9H2,1-3H3,(H3,17,18,19);1H. The van der Waals surface area contributed by atoms with E-state index in [1.54, 1.807) is 13.4 Å². The molecule has 3 N–H and O–H groups in total. The predicted octanol–water partition coefficient (Wildman–Crippen LogP) is 2.71. The molecule has 0 aliphatic heterocycles. The van der Waals surface area contributed by atoms with Crippen molar-refractivity contribution >= 4 is 29.9 Å². The summed E-state index contributed by atoms with van der Waals surface area (Å²) in [6.07, 6.45) is 1.60. The first kappa shape index (κ1) is 19.4. The van der Waals surface area contributed by atoms with Crippen molar-refractivity contribution in [2.24, 2.45) is 10.7 Å². The maximum absolute atomic E-state index is 5.81. The molecule has 2 rings (SSSR count). The molecule has 0 aliphatic rings. The van der Waals surface area contributed by atoms with E-state index in [0.717, 1.165) is 11.3 Å². The van der Waals surface area contributed by atoms with Gasteiger partial charge in [0.15, 0.2) is 5.96 Å². The summed E-state index contributed by atoms with van der Waals surface area (Å²) in [5.41, 5.74) is 8.69. The number of aliphatic imine (C=N–C) groups is 1. The van der Waals surface area contributed by atoms with Crippen LogP contribution in [-0.2, 0) is 11.3 Å². The van der Waals surface area contributed by atoms with E-state index in [9.17, 15) is 0 Å². The van der Waals surface area contributed by atoms with E-state index in [2.05, 4.69) is 15.3 Å². The van der Waals surface area contributed by atoms with Crippen LogP contribution in [0.1, 0.15) is 18.2 Å². The number of nitrogens with one attached hydrogen (secondary N) is 1. The third-order valence-electron chi connectivity index (χ3n) is 3.07. The lowest BCUT2D eigenvalue weighted by Gasteiger charge is -2.12. The Labute approximate surface area is 153 Å². The maximum Gasteiger partial charge on any atom is 0.226 e. The van der Waals surface area contributed by atoms with Crippen molar-refractivity contribution in [3.8, 4) is 11.5 Å². The quantitative estimate of drug-likeness (QED) is 0.418. The number of nitrogens with zero attached hydrogens (tertiary/aromatic N) is 2. The van der Waals surface area contributed by atoms with Crippen LogP contribution in [0.15, 0.2) is 39.9 Å². The number of benzene rings is 1. The monoisotopic (exact) mass is 430 g/mol. The lowest BCUT2D eigenvalue weighted by Crippen LogP contribution is -2.40. The minimum atomic E-state index is 0. The summed E-state index contributed by atoms with van der Waals surface area (Å²) in [6.45, 7) is 4.95. The Hall–Kier alpha value is -1.61. The Kier molecular flexibility index (Phi) is 8.04. The fourth-order valence-corrected chi connectivity index (χ4v) is 1.96. The number of guanidine groups is 1. The van der Waals surface area contributed by atoms with Gasteiger partial charge in [0, 0.05) is 18.7 Å². The fourth-order valence-electron chi connectivity index (χ4n) is 1.96. The number of hydrogen-bond donors (Lipinski definition) is 2. The minimum Gasteiger partial charge on any atom is -0.444 e. The zero-order chi connectivity index (χ0) is 15.9. The third kappa shape index (κ3) is 6.19. The molecule has 0 fully saturated rings. The van der Waals surface area contributed by atoms with Crippen LogP contribution in [0.5, 0.6) is 0 Å². The smallest absolute Gasteiger partial charge is 0.226 e. The number of oxazole rings is 1. The van der Waals surface area contributed by atoms with Gasteiger partial charge in [0.1, 0.15) is 12.0 Å². The van der Waals surface area contributed by atoms with Crippen LogP contribution in [0.4, 0.5) is 0 Å². The van der Waals surface area contributed by atoms with Gasteiger partial charge >= 0.3 is 0 Å². The Morgan fingerprint density at radius 3 is 2.74 bits per heavy atom. The Balaban J connectivity index is 0.00000264. The molecule has 1 unspecified atom stereocenters. The molecule has 0 amide bonds. The second-order valence-electron chi connectivity index (χ2n) is 5.21. The van der Waals surface area contributed by atoms with Gasteiger partial charge in [-0.05, 0) is 26.0 Å². The average Bonchev–Trinajstić information content (AvgIpc) is 2.95. The normalized spacial score (nSPS) is 12.6. The Morgan fingerprint density at radius 1 is 1.39 bits per heavy atom. The van der Waals surface area contributed by atoms with Gasteiger partial charge in [-0.3, -0.25) is 0 Å². The summed E-state index contributed by atoms with van der Waals surface area (Å²) in [7, 11) is 1.65. The highest BCUT2D eigenvalue weighted by Gasteiger charge is 2.07. The van der Waals surface area contributed by atoms with Crippen LogP contribution in [0, 0.1) is 6.92 Å². The maximum atomic E-state index is 5.81. The predicted molar refractivity (Wildman–Crippen MR) is 102 cm³/mol. The molecule has 0 spiro atoms. The molecule has 6 nitrogen and oxygen atoms in total. The van der Waals surface area contributed by atoms with Crippen molar-refractivity contribution in [3.05, 3.63) is 41.8 Å². The molecule has 0 radical (unpaired) electrons. The van der Waals surface area contributed by atoms with Crippen LogP contribution >= 0.6 is 24.0 Å².